The molecule has 31 heavy (non-hydrogen) atoms. The predicted molar refractivity (Wildman–Crippen MR) is 117 cm³/mol. The molecular formula is C21H22FN3O4S2. The molecule has 2 N–H and O–H groups in total. The van der Waals surface area contributed by atoms with E-state index in [1.165, 1.54) is 24.3 Å². The molecule has 4 rings (SSSR count). The average molecular weight is 464 g/mol. The van der Waals surface area contributed by atoms with Crippen LogP contribution in [0, 0.1) is 5.82 Å². The van der Waals surface area contributed by atoms with Crippen molar-refractivity contribution in [2.75, 3.05) is 23.1 Å². The van der Waals surface area contributed by atoms with Gasteiger partial charge in [-0.3, -0.25) is 14.3 Å². The summed E-state index contributed by atoms with van der Waals surface area (Å²) in [5.74, 6) is -1.13. The molecule has 2 aromatic rings. The lowest BCUT2D eigenvalue weighted by Gasteiger charge is -2.28. The van der Waals surface area contributed by atoms with Crippen molar-refractivity contribution in [3.05, 3.63) is 48.3 Å². The van der Waals surface area contributed by atoms with Crippen LogP contribution >= 0.6 is 11.8 Å². The van der Waals surface area contributed by atoms with E-state index in [2.05, 4.69) is 10.0 Å². The van der Waals surface area contributed by atoms with Crippen molar-refractivity contribution < 1.29 is 22.4 Å². The molecule has 0 aliphatic carbocycles. The number of likely N-dealkylation sites (tertiary alicyclic amines) is 1. The zero-order valence-electron chi connectivity index (χ0n) is 16.6. The smallest absolute Gasteiger partial charge is 0.261 e. The zero-order valence-corrected chi connectivity index (χ0v) is 18.3. The van der Waals surface area contributed by atoms with Gasteiger partial charge in [-0.2, -0.15) is 0 Å². The summed E-state index contributed by atoms with van der Waals surface area (Å²) in [6.45, 7) is 1.31. The van der Waals surface area contributed by atoms with Crippen LogP contribution in [0.1, 0.15) is 25.7 Å². The zero-order chi connectivity index (χ0) is 22.0. The first-order valence-electron chi connectivity index (χ1n) is 10.0. The number of hydrogen-bond donors (Lipinski definition) is 2. The lowest BCUT2D eigenvalue weighted by atomic mass is 10.2. The lowest BCUT2D eigenvalue weighted by molar-refractivity contribution is -0.133. The third kappa shape index (κ3) is 4.85. The molecule has 10 heteroatoms. The molecule has 1 fully saturated rings. The fourth-order valence-electron chi connectivity index (χ4n) is 3.61. The SMILES string of the molecule is O=C1Nc2cc(S(=O)(=O)Nc3ccc(F)cc3)ccc2SC1C(=O)N1CCCCCC1. The van der Waals surface area contributed by atoms with E-state index in [-0.39, 0.29) is 16.5 Å². The van der Waals surface area contributed by atoms with Crippen molar-refractivity contribution in [1.29, 1.82) is 0 Å². The Hall–Kier alpha value is -2.59. The maximum absolute atomic E-state index is 13.0. The Balaban J connectivity index is 1.52. The largest absolute Gasteiger partial charge is 0.341 e. The summed E-state index contributed by atoms with van der Waals surface area (Å²) < 4.78 is 40.8. The normalized spacial score (nSPS) is 19.2. The van der Waals surface area contributed by atoms with Gasteiger partial charge in [0.2, 0.25) is 11.8 Å². The first kappa shape index (κ1) is 21.6. The fraction of sp³-hybridized carbons (Fsp3) is 0.333. The third-order valence-corrected chi connectivity index (χ3v) is 7.88. The van der Waals surface area contributed by atoms with Crippen LogP contribution in [0.3, 0.4) is 0 Å². The minimum atomic E-state index is -3.94. The van der Waals surface area contributed by atoms with Gasteiger partial charge in [0.15, 0.2) is 5.25 Å². The fourth-order valence-corrected chi connectivity index (χ4v) is 5.74. The van der Waals surface area contributed by atoms with Crippen LogP contribution in [0.15, 0.2) is 52.3 Å². The van der Waals surface area contributed by atoms with Gasteiger partial charge in [-0.25, -0.2) is 12.8 Å². The van der Waals surface area contributed by atoms with Crippen LogP contribution in [0.5, 0.6) is 0 Å². The number of amides is 2. The predicted octanol–water partition coefficient (Wildman–Crippen LogP) is 3.44. The van der Waals surface area contributed by atoms with Gasteiger partial charge >= 0.3 is 0 Å². The topological polar surface area (TPSA) is 95.6 Å². The van der Waals surface area contributed by atoms with Crippen LogP contribution in [-0.2, 0) is 19.6 Å². The van der Waals surface area contributed by atoms with E-state index in [0.717, 1.165) is 49.6 Å². The van der Waals surface area contributed by atoms with Crippen LogP contribution in [-0.4, -0.2) is 43.5 Å². The quantitative estimate of drug-likeness (QED) is 0.678. The van der Waals surface area contributed by atoms with Gasteiger partial charge in [0.25, 0.3) is 10.0 Å². The minimum Gasteiger partial charge on any atom is -0.341 e. The molecule has 7 nitrogen and oxygen atoms in total. The molecule has 1 atom stereocenters. The van der Waals surface area contributed by atoms with Crippen LogP contribution in [0.2, 0.25) is 0 Å². The van der Waals surface area contributed by atoms with Gasteiger partial charge in [0.1, 0.15) is 5.82 Å². The van der Waals surface area contributed by atoms with E-state index in [1.807, 2.05) is 0 Å². The Morgan fingerprint density at radius 3 is 2.42 bits per heavy atom. The maximum atomic E-state index is 13.0. The molecule has 0 aromatic heterocycles. The van der Waals surface area contributed by atoms with Gasteiger partial charge in [0.05, 0.1) is 10.6 Å². The Morgan fingerprint density at radius 2 is 1.74 bits per heavy atom. The van der Waals surface area contributed by atoms with Gasteiger partial charge in [-0.05, 0) is 55.3 Å². The number of thioether (sulfide) groups is 1. The van der Waals surface area contributed by atoms with Crippen LogP contribution in [0.25, 0.3) is 0 Å². The van der Waals surface area contributed by atoms with Crippen molar-refractivity contribution in [1.82, 2.24) is 4.90 Å². The Morgan fingerprint density at radius 1 is 1.06 bits per heavy atom. The molecule has 0 spiro atoms. The Labute approximate surface area is 184 Å². The number of nitrogens with one attached hydrogen (secondary N) is 2. The number of hydrogen-bond acceptors (Lipinski definition) is 5. The summed E-state index contributed by atoms with van der Waals surface area (Å²) in [5, 5.41) is 1.80. The van der Waals surface area contributed by atoms with Crippen LogP contribution in [0.4, 0.5) is 15.8 Å². The molecule has 2 heterocycles. The van der Waals surface area contributed by atoms with E-state index < -0.39 is 27.0 Å². The second-order valence-electron chi connectivity index (χ2n) is 7.50. The van der Waals surface area contributed by atoms with Gasteiger partial charge in [-0.1, -0.05) is 12.8 Å². The minimum absolute atomic E-state index is 0.0474. The summed E-state index contributed by atoms with van der Waals surface area (Å²) in [6.07, 6.45) is 4.03. The molecule has 2 amide bonds. The Bertz CT molecular complexity index is 1100. The van der Waals surface area contributed by atoms with Crippen molar-refractivity contribution in [2.24, 2.45) is 0 Å². The molecule has 1 saturated heterocycles. The second-order valence-corrected chi connectivity index (χ2v) is 10.3. The summed E-state index contributed by atoms with van der Waals surface area (Å²) >= 11 is 1.14. The van der Waals surface area contributed by atoms with Crippen LogP contribution < -0.4 is 10.0 Å². The standard InChI is InChI=1S/C21H22FN3O4S2/c22-14-5-7-15(8-6-14)24-31(28,29)16-9-10-18-17(13-16)23-20(26)19(30-18)21(27)25-11-3-1-2-4-12-25/h5-10,13,19,24H,1-4,11-12H2,(H,23,26). The number of benzene rings is 2. The number of rotatable bonds is 4. The molecule has 1 unspecified atom stereocenters. The summed E-state index contributed by atoms with van der Waals surface area (Å²) in [7, 11) is -3.94. The van der Waals surface area contributed by atoms with E-state index in [9.17, 15) is 22.4 Å². The number of sulfonamides is 1. The number of fused-ring (bicyclic) bond motifs is 1. The maximum Gasteiger partial charge on any atom is 0.261 e. The van der Waals surface area contributed by atoms with Crippen molar-refractivity contribution >= 4 is 45.0 Å². The Kier molecular flexibility index (Phi) is 6.19. The van der Waals surface area contributed by atoms with Gasteiger partial charge in [0, 0.05) is 23.7 Å². The average Bonchev–Trinajstić information content (AvgIpc) is 3.03. The monoisotopic (exact) mass is 463 g/mol. The molecule has 0 radical (unpaired) electrons. The third-order valence-electron chi connectivity index (χ3n) is 5.24. The highest BCUT2D eigenvalue weighted by molar-refractivity contribution is 8.01. The summed E-state index contributed by atoms with van der Waals surface area (Å²) in [5.41, 5.74) is 0.567. The number of anilines is 2. The number of carbonyl (C=O) groups excluding carboxylic acids is 2. The number of halogens is 1. The van der Waals surface area contributed by atoms with E-state index in [1.54, 1.807) is 11.0 Å². The molecular weight excluding hydrogens is 441 g/mol. The van der Waals surface area contributed by atoms with Gasteiger partial charge < -0.3 is 10.2 Å². The molecule has 164 valence electrons. The second kappa shape index (κ2) is 8.88. The molecule has 2 aliphatic heterocycles. The molecule has 2 aromatic carbocycles. The molecule has 0 bridgehead atoms. The van der Waals surface area contributed by atoms with E-state index >= 15 is 0 Å². The highest BCUT2D eigenvalue weighted by Crippen LogP contribution is 2.38. The van der Waals surface area contributed by atoms with Crippen molar-refractivity contribution in [3.63, 3.8) is 0 Å². The highest BCUT2D eigenvalue weighted by atomic mass is 32.2. The lowest BCUT2D eigenvalue weighted by Crippen LogP contribution is -2.45. The van der Waals surface area contributed by atoms with E-state index in [0.29, 0.717) is 23.7 Å². The first-order valence-corrected chi connectivity index (χ1v) is 12.4. The van der Waals surface area contributed by atoms with Crippen molar-refractivity contribution in [2.45, 2.75) is 40.7 Å². The number of nitrogens with zero attached hydrogens (tertiary/aromatic N) is 1. The number of carbonyl (C=O) groups is 2. The molecule has 2 aliphatic rings. The van der Waals surface area contributed by atoms with Gasteiger partial charge in [-0.15, -0.1) is 11.8 Å². The van der Waals surface area contributed by atoms with E-state index in [4.69, 9.17) is 0 Å². The first-order chi connectivity index (χ1) is 14.8. The summed E-state index contributed by atoms with van der Waals surface area (Å²) in [6, 6.07) is 9.32. The highest BCUT2D eigenvalue weighted by Gasteiger charge is 2.36. The van der Waals surface area contributed by atoms with Crippen molar-refractivity contribution in [3.8, 4) is 0 Å². The molecule has 0 saturated carbocycles. The summed E-state index contributed by atoms with van der Waals surface area (Å²) in [4.78, 5) is 27.9.